The average molecular weight is 391 g/mol. The molecule has 2 aromatic rings. The molecular formula is C18H23ClN6O2. The topological polar surface area (TPSA) is 119 Å². The predicted octanol–water partition coefficient (Wildman–Crippen LogP) is 1.93. The Labute approximate surface area is 161 Å². The lowest BCUT2D eigenvalue weighted by Crippen LogP contribution is -2.43. The molecule has 0 radical (unpaired) electrons. The van der Waals surface area contributed by atoms with Crippen LogP contribution in [0.25, 0.3) is 0 Å². The van der Waals surface area contributed by atoms with Crippen molar-refractivity contribution in [3.05, 3.63) is 39.5 Å². The average Bonchev–Trinajstić information content (AvgIpc) is 3.58. The van der Waals surface area contributed by atoms with E-state index in [2.05, 4.69) is 20.6 Å². The fourth-order valence-corrected chi connectivity index (χ4v) is 3.96. The van der Waals surface area contributed by atoms with E-state index in [0.29, 0.717) is 23.1 Å². The van der Waals surface area contributed by atoms with Gasteiger partial charge in [-0.2, -0.15) is 10.2 Å². The molecule has 144 valence electrons. The van der Waals surface area contributed by atoms with Crippen LogP contribution in [0.5, 0.6) is 0 Å². The van der Waals surface area contributed by atoms with Gasteiger partial charge in [0.2, 0.25) is 5.91 Å². The van der Waals surface area contributed by atoms with Crippen molar-refractivity contribution in [3.63, 3.8) is 0 Å². The van der Waals surface area contributed by atoms with E-state index in [1.165, 1.54) is 31.7 Å². The minimum Gasteiger partial charge on any atom is -0.322 e. The van der Waals surface area contributed by atoms with Crippen molar-refractivity contribution in [2.75, 3.05) is 5.32 Å². The van der Waals surface area contributed by atoms with Gasteiger partial charge in [0.1, 0.15) is 5.15 Å². The van der Waals surface area contributed by atoms with Gasteiger partial charge < -0.3 is 11.1 Å². The number of halogens is 1. The van der Waals surface area contributed by atoms with E-state index in [4.69, 9.17) is 17.3 Å². The summed E-state index contributed by atoms with van der Waals surface area (Å²) >= 11 is 5.87. The normalized spacial score (nSPS) is 19.1. The standard InChI is InChI=1S/C18H23ClN6O2/c1-9(13-6-14(19)23-24-17(13)26)25-8-12(7-21-25)22-18(27)16(20)15(10-2-3-10)11-4-5-11/h6-11,15-16H,2-5,20H2,1H3,(H,22,27)(H,24,26). The highest BCUT2D eigenvalue weighted by molar-refractivity contribution is 6.29. The van der Waals surface area contributed by atoms with Gasteiger partial charge in [-0.1, -0.05) is 11.6 Å². The lowest BCUT2D eigenvalue weighted by molar-refractivity contribution is -0.118. The van der Waals surface area contributed by atoms with Gasteiger partial charge in [-0.25, -0.2) is 5.10 Å². The zero-order valence-corrected chi connectivity index (χ0v) is 15.8. The number of carbonyl (C=O) groups is 1. The molecule has 2 aromatic heterocycles. The predicted molar refractivity (Wildman–Crippen MR) is 101 cm³/mol. The van der Waals surface area contributed by atoms with Crippen LogP contribution in [-0.2, 0) is 4.79 Å². The Kier molecular flexibility index (Phi) is 4.77. The van der Waals surface area contributed by atoms with Crippen LogP contribution in [0.1, 0.15) is 44.2 Å². The van der Waals surface area contributed by atoms with Gasteiger partial charge in [-0.05, 0) is 56.4 Å². The van der Waals surface area contributed by atoms with E-state index >= 15 is 0 Å². The Hall–Kier alpha value is -2.19. The van der Waals surface area contributed by atoms with Crippen LogP contribution in [-0.4, -0.2) is 31.9 Å². The minimum absolute atomic E-state index is 0.171. The van der Waals surface area contributed by atoms with Crippen LogP contribution in [0, 0.1) is 17.8 Å². The van der Waals surface area contributed by atoms with Crippen molar-refractivity contribution in [3.8, 4) is 0 Å². The summed E-state index contributed by atoms with van der Waals surface area (Å²) in [5.74, 6) is 1.32. The molecule has 2 fully saturated rings. The van der Waals surface area contributed by atoms with E-state index in [-0.39, 0.29) is 28.6 Å². The first-order valence-corrected chi connectivity index (χ1v) is 9.67. The SMILES string of the molecule is CC(c1cc(Cl)n[nH]c1=O)n1cc(NC(=O)C(N)C(C2CC2)C2CC2)cn1. The quantitative estimate of drug-likeness (QED) is 0.667. The Morgan fingerprint density at radius 2 is 2.04 bits per heavy atom. The first kappa shape index (κ1) is 18.2. The van der Waals surface area contributed by atoms with Gasteiger partial charge in [0.25, 0.3) is 5.56 Å². The third-order valence-corrected chi connectivity index (χ3v) is 5.76. The number of nitrogens with one attached hydrogen (secondary N) is 2. The number of hydrogen-bond acceptors (Lipinski definition) is 5. The summed E-state index contributed by atoms with van der Waals surface area (Å²) in [6.07, 6.45) is 7.97. The lowest BCUT2D eigenvalue weighted by Gasteiger charge is -2.22. The zero-order chi connectivity index (χ0) is 19.1. The number of rotatable bonds is 7. The molecule has 0 aromatic carbocycles. The van der Waals surface area contributed by atoms with Crippen molar-refractivity contribution in [2.45, 2.75) is 44.7 Å². The van der Waals surface area contributed by atoms with Crippen LogP contribution in [0.15, 0.2) is 23.3 Å². The molecule has 0 saturated heterocycles. The summed E-state index contributed by atoms with van der Waals surface area (Å²) in [4.78, 5) is 24.6. The Morgan fingerprint density at radius 3 is 2.67 bits per heavy atom. The zero-order valence-electron chi connectivity index (χ0n) is 15.1. The number of amides is 1. The van der Waals surface area contributed by atoms with Crippen molar-refractivity contribution >= 4 is 23.2 Å². The van der Waals surface area contributed by atoms with Gasteiger partial charge in [-0.15, -0.1) is 0 Å². The summed E-state index contributed by atoms with van der Waals surface area (Å²) < 4.78 is 1.60. The van der Waals surface area contributed by atoms with Gasteiger partial charge in [0, 0.05) is 11.8 Å². The monoisotopic (exact) mass is 390 g/mol. The minimum atomic E-state index is -0.493. The molecule has 0 bridgehead atoms. The van der Waals surface area contributed by atoms with Crippen LogP contribution in [0.2, 0.25) is 5.15 Å². The van der Waals surface area contributed by atoms with Crippen LogP contribution in [0.3, 0.4) is 0 Å². The molecule has 2 atom stereocenters. The molecule has 9 heteroatoms. The lowest BCUT2D eigenvalue weighted by atomic mass is 9.89. The first-order chi connectivity index (χ1) is 12.9. The number of H-pyrrole nitrogens is 1. The molecule has 2 aliphatic rings. The molecular weight excluding hydrogens is 368 g/mol. The fourth-order valence-electron chi connectivity index (χ4n) is 3.80. The van der Waals surface area contributed by atoms with Crippen molar-refractivity contribution < 1.29 is 4.79 Å². The molecule has 1 amide bonds. The van der Waals surface area contributed by atoms with E-state index in [1.807, 2.05) is 6.92 Å². The number of nitrogens with zero attached hydrogens (tertiary/aromatic N) is 3. The van der Waals surface area contributed by atoms with Gasteiger partial charge >= 0.3 is 0 Å². The number of carbonyl (C=O) groups excluding carboxylic acids is 1. The van der Waals surface area contributed by atoms with E-state index < -0.39 is 6.04 Å². The third-order valence-electron chi connectivity index (χ3n) is 5.57. The summed E-state index contributed by atoms with van der Waals surface area (Å²) in [5.41, 5.74) is 6.95. The molecule has 0 spiro atoms. The molecule has 0 aliphatic heterocycles. The van der Waals surface area contributed by atoms with Gasteiger partial charge in [0.05, 0.1) is 24.0 Å². The van der Waals surface area contributed by atoms with E-state index in [0.717, 1.165) is 0 Å². The molecule has 4 rings (SSSR count). The maximum Gasteiger partial charge on any atom is 0.269 e. The highest BCUT2D eigenvalue weighted by Crippen LogP contribution is 2.50. The third kappa shape index (κ3) is 3.91. The summed E-state index contributed by atoms with van der Waals surface area (Å²) in [6, 6.07) is 0.656. The number of aromatic nitrogens is 4. The second-order valence-corrected chi connectivity index (χ2v) is 8.01. The Bertz CT molecular complexity index is 889. The van der Waals surface area contributed by atoms with Crippen molar-refractivity contribution in [1.82, 2.24) is 20.0 Å². The van der Waals surface area contributed by atoms with Gasteiger partial charge in [0.15, 0.2) is 0 Å². The van der Waals surface area contributed by atoms with E-state index in [1.54, 1.807) is 17.1 Å². The number of anilines is 1. The number of hydrogen-bond donors (Lipinski definition) is 3. The highest BCUT2D eigenvalue weighted by atomic mass is 35.5. The second-order valence-electron chi connectivity index (χ2n) is 7.63. The van der Waals surface area contributed by atoms with Crippen molar-refractivity contribution in [2.24, 2.45) is 23.5 Å². The fraction of sp³-hybridized carbons (Fsp3) is 0.556. The highest BCUT2D eigenvalue weighted by Gasteiger charge is 2.46. The molecule has 4 N–H and O–H groups in total. The molecule has 2 saturated carbocycles. The molecule has 8 nitrogen and oxygen atoms in total. The largest absolute Gasteiger partial charge is 0.322 e. The maximum atomic E-state index is 12.6. The Balaban J connectivity index is 1.45. The van der Waals surface area contributed by atoms with Crippen LogP contribution in [0.4, 0.5) is 5.69 Å². The summed E-state index contributed by atoms with van der Waals surface area (Å²) in [5, 5.41) is 13.3. The molecule has 27 heavy (non-hydrogen) atoms. The first-order valence-electron chi connectivity index (χ1n) is 9.29. The van der Waals surface area contributed by atoms with E-state index in [9.17, 15) is 9.59 Å². The van der Waals surface area contributed by atoms with Crippen LogP contribution >= 0.6 is 11.6 Å². The summed E-state index contributed by atoms with van der Waals surface area (Å²) in [7, 11) is 0. The van der Waals surface area contributed by atoms with Crippen molar-refractivity contribution in [1.29, 1.82) is 0 Å². The molecule has 2 aliphatic carbocycles. The second kappa shape index (κ2) is 7.09. The number of nitrogens with two attached hydrogens (primary N) is 1. The van der Waals surface area contributed by atoms with Crippen LogP contribution < -0.4 is 16.6 Å². The Morgan fingerprint density at radius 1 is 1.37 bits per heavy atom. The summed E-state index contributed by atoms with van der Waals surface area (Å²) in [6.45, 7) is 1.82. The molecule has 2 unspecified atom stereocenters. The smallest absolute Gasteiger partial charge is 0.269 e. The number of aromatic amines is 1. The molecule has 2 heterocycles. The maximum absolute atomic E-state index is 12.6. The van der Waals surface area contributed by atoms with Gasteiger partial charge in [-0.3, -0.25) is 14.3 Å².